The van der Waals surface area contributed by atoms with Gasteiger partial charge in [0.15, 0.2) is 5.82 Å². The number of nitrogens with zero attached hydrogens (tertiary/aromatic N) is 4. The van der Waals surface area contributed by atoms with Gasteiger partial charge in [-0.3, -0.25) is 4.57 Å². The minimum absolute atomic E-state index is 0.709. The van der Waals surface area contributed by atoms with E-state index in [1.165, 1.54) is 21.9 Å². The van der Waals surface area contributed by atoms with Crippen LogP contribution in [0.1, 0.15) is 0 Å². The fraction of sp³-hybridized carbons (Fsp3) is 0. The van der Waals surface area contributed by atoms with Crippen molar-refractivity contribution in [2.75, 3.05) is 0 Å². The Labute approximate surface area is 319 Å². The molecule has 2 heterocycles. The van der Waals surface area contributed by atoms with Crippen LogP contribution < -0.4 is 0 Å². The summed E-state index contributed by atoms with van der Waals surface area (Å²) in [6.07, 6.45) is 0. The van der Waals surface area contributed by atoms with Crippen molar-refractivity contribution in [2.45, 2.75) is 0 Å². The Morgan fingerprint density at radius 1 is 0.327 bits per heavy atom. The summed E-state index contributed by atoms with van der Waals surface area (Å²) >= 11 is 0. The summed E-state index contributed by atoms with van der Waals surface area (Å²) in [5.41, 5.74) is 13.8. The fourth-order valence-electron chi connectivity index (χ4n) is 7.58. The van der Waals surface area contributed by atoms with Crippen molar-refractivity contribution in [3.05, 3.63) is 206 Å². The van der Waals surface area contributed by atoms with E-state index < -0.39 is 0 Å². The van der Waals surface area contributed by atoms with Crippen LogP contribution in [0.25, 0.3) is 95.0 Å². The average molecular weight is 703 g/mol. The molecular formula is C51H34N4. The van der Waals surface area contributed by atoms with Gasteiger partial charge >= 0.3 is 0 Å². The summed E-state index contributed by atoms with van der Waals surface area (Å²) in [6.45, 7) is 0. The second-order valence-electron chi connectivity index (χ2n) is 13.7. The van der Waals surface area contributed by atoms with Crippen molar-refractivity contribution in [1.29, 1.82) is 0 Å². The number of para-hydroxylation sites is 2. The zero-order valence-corrected chi connectivity index (χ0v) is 29.9. The van der Waals surface area contributed by atoms with Gasteiger partial charge in [-0.2, -0.15) is 0 Å². The van der Waals surface area contributed by atoms with Gasteiger partial charge in [-0.15, -0.1) is 0 Å². The van der Waals surface area contributed by atoms with Crippen molar-refractivity contribution in [2.24, 2.45) is 0 Å². The van der Waals surface area contributed by atoms with Gasteiger partial charge in [-0.05, 0) is 69.4 Å². The van der Waals surface area contributed by atoms with E-state index in [1.807, 2.05) is 48.5 Å². The van der Waals surface area contributed by atoms with Gasteiger partial charge in [0.05, 0.1) is 22.4 Å². The van der Waals surface area contributed by atoms with E-state index in [1.54, 1.807) is 0 Å². The van der Waals surface area contributed by atoms with Gasteiger partial charge in [0.25, 0.3) is 0 Å². The average Bonchev–Trinajstić information content (AvgIpc) is 3.67. The molecular weight excluding hydrogens is 669 g/mol. The molecule has 258 valence electrons. The monoisotopic (exact) mass is 702 g/mol. The lowest BCUT2D eigenvalue weighted by Gasteiger charge is -2.15. The van der Waals surface area contributed by atoms with Crippen molar-refractivity contribution < 1.29 is 0 Å². The van der Waals surface area contributed by atoms with Gasteiger partial charge in [0.2, 0.25) is 0 Å². The topological polar surface area (TPSA) is 43.6 Å². The Kier molecular flexibility index (Phi) is 8.12. The summed E-state index contributed by atoms with van der Waals surface area (Å²) in [4.78, 5) is 15.1. The highest BCUT2D eigenvalue weighted by molar-refractivity contribution is 6.05. The number of benzene rings is 8. The first-order valence-electron chi connectivity index (χ1n) is 18.5. The van der Waals surface area contributed by atoms with Crippen molar-refractivity contribution >= 4 is 21.8 Å². The third-order valence-corrected chi connectivity index (χ3v) is 10.3. The zero-order chi connectivity index (χ0) is 36.6. The molecule has 55 heavy (non-hydrogen) atoms. The lowest BCUT2D eigenvalue weighted by atomic mass is 9.91. The van der Waals surface area contributed by atoms with E-state index >= 15 is 0 Å². The van der Waals surface area contributed by atoms with E-state index in [0.717, 1.165) is 67.3 Å². The highest BCUT2D eigenvalue weighted by atomic mass is 15.1. The van der Waals surface area contributed by atoms with Crippen LogP contribution in [0.4, 0.5) is 0 Å². The van der Waals surface area contributed by atoms with Crippen LogP contribution in [0.15, 0.2) is 206 Å². The Bertz CT molecular complexity index is 2890. The van der Waals surface area contributed by atoms with Crippen molar-refractivity contribution in [1.82, 2.24) is 19.5 Å². The van der Waals surface area contributed by atoms with Crippen LogP contribution in [0.2, 0.25) is 0 Å². The molecule has 0 amide bonds. The fourth-order valence-corrected chi connectivity index (χ4v) is 7.58. The maximum absolute atomic E-state index is 5.10. The number of imidazole rings is 1. The predicted octanol–water partition coefficient (Wildman–Crippen LogP) is 13.0. The third-order valence-electron chi connectivity index (χ3n) is 10.3. The first kappa shape index (κ1) is 32.2. The van der Waals surface area contributed by atoms with Gasteiger partial charge in [-0.1, -0.05) is 170 Å². The lowest BCUT2D eigenvalue weighted by molar-refractivity contribution is 1.10. The molecule has 0 N–H and O–H groups in total. The molecule has 0 fully saturated rings. The minimum atomic E-state index is 0.709. The summed E-state index contributed by atoms with van der Waals surface area (Å²) in [7, 11) is 0. The van der Waals surface area contributed by atoms with Gasteiger partial charge in [-0.25, -0.2) is 15.0 Å². The molecule has 10 aromatic rings. The van der Waals surface area contributed by atoms with E-state index in [-0.39, 0.29) is 0 Å². The molecule has 4 nitrogen and oxygen atoms in total. The second-order valence-corrected chi connectivity index (χ2v) is 13.7. The molecule has 0 saturated carbocycles. The zero-order valence-electron chi connectivity index (χ0n) is 29.9. The van der Waals surface area contributed by atoms with Crippen molar-refractivity contribution in [3.63, 3.8) is 0 Å². The standard InChI is InChI=1S/C51H34N4/c1-4-15-36(16-5-1)47-34-48(53-50(52-47)37-17-6-2-7-18-37)40-22-14-21-39(33-40)43-32-31-42(44-23-10-11-24-45(43)44)35-27-29-41(30-28-35)55-49-26-13-12-25-46(49)54-51(55)38-19-8-3-9-20-38/h1-34H. The predicted molar refractivity (Wildman–Crippen MR) is 227 cm³/mol. The molecule has 8 aromatic carbocycles. The second kappa shape index (κ2) is 13.8. The normalized spacial score (nSPS) is 11.3. The Morgan fingerprint density at radius 3 is 1.55 bits per heavy atom. The molecule has 0 atom stereocenters. The number of fused-ring (bicyclic) bond motifs is 2. The first-order valence-corrected chi connectivity index (χ1v) is 18.5. The molecule has 4 heteroatoms. The molecule has 0 spiro atoms. The van der Waals surface area contributed by atoms with Crippen LogP contribution >= 0.6 is 0 Å². The smallest absolute Gasteiger partial charge is 0.160 e. The number of hydrogen-bond acceptors (Lipinski definition) is 3. The molecule has 2 aromatic heterocycles. The maximum Gasteiger partial charge on any atom is 0.160 e. The van der Waals surface area contributed by atoms with Gasteiger partial charge in [0, 0.05) is 27.9 Å². The number of rotatable bonds is 7. The molecule has 10 rings (SSSR count). The quantitative estimate of drug-likeness (QED) is 0.166. The molecule has 0 aliphatic rings. The Morgan fingerprint density at radius 2 is 0.855 bits per heavy atom. The van der Waals surface area contributed by atoms with Crippen LogP contribution in [-0.4, -0.2) is 19.5 Å². The molecule has 0 saturated heterocycles. The van der Waals surface area contributed by atoms with Crippen LogP contribution in [0, 0.1) is 0 Å². The highest BCUT2D eigenvalue weighted by Crippen LogP contribution is 2.38. The highest BCUT2D eigenvalue weighted by Gasteiger charge is 2.16. The maximum atomic E-state index is 5.10. The van der Waals surface area contributed by atoms with E-state index in [9.17, 15) is 0 Å². The Hall–Kier alpha value is -7.43. The van der Waals surface area contributed by atoms with E-state index in [4.69, 9.17) is 15.0 Å². The SMILES string of the molecule is c1ccc(-c2cc(-c3cccc(-c4ccc(-c5ccc(-n6c(-c7ccccc7)nc7ccccc76)cc5)c5ccccc45)c3)nc(-c3ccccc3)n2)cc1. The lowest BCUT2D eigenvalue weighted by Crippen LogP contribution is -1.97. The molecule has 0 unspecified atom stereocenters. The van der Waals surface area contributed by atoms with Gasteiger partial charge in [0.1, 0.15) is 5.82 Å². The minimum Gasteiger partial charge on any atom is -0.292 e. The summed E-state index contributed by atoms with van der Waals surface area (Å²) in [6, 6.07) is 72.1. The third kappa shape index (κ3) is 6.06. The van der Waals surface area contributed by atoms with Crippen LogP contribution in [0.3, 0.4) is 0 Å². The first-order chi connectivity index (χ1) is 27.3. The van der Waals surface area contributed by atoms with Crippen LogP contribution in [0.5, 0.6) is 0 Å². The summed E-state index contributed by atoms with van der Waals surface area (Å²) in [5.74, 6) is 1.64. The molecule has 0 aliphatic heterocycles. The largest absolute Gasteiger partial charge is 0.292 e. The molecule has 0 radical (unpaired) electrons. The number of hydrogen-bond donors (Lipinski definition) is 0. The van der Waals surface area contributed by atoms with E-state index in [0.29, 0.717) is 5.82 Å². The molecule has 0 aliphatic carbocycles. The van der Waals surface area contributed by atoms with Crippen molar-refractivity contribution in [3.8, 4) is 73.2 Å². The van der Waals surface area contributed by atoms with E-state index in [2.05, 4.69) is 162 Å². The summed E-state index contributed by atoms with van der Waals surface area (Å²) < 4.78 is 2.26. The Balaban J connectivity index is 1.04. The molecule has 0 bridgehead atoms. The number of aromatic nitrogens is 4. The van der Waals surface area contributed by atoms with Gasteiger partial charge < -0.3 is 0 Å². The summed E-state index contributed by atoms with van der Waals surface area (Å²) in [5, 5.41) is 2.40. The van der Waals surface area contributed by atoms with Crippen LogP contribution in [-0.2, 0) is 0 Å².